The highest BCUT2D eigenvalue weighted by Gasteiger charge is 2.36. The SMILES string of the molecule is CN(C)S(=O)(=O)c1ccc(Cl)c(C(=O)N(CC(C)(C)C)CC(F)(F)F)c1. The Morgan fingerprint density at radius 1 is 1.12 bits per heavy atom. The molecule has 0 fully saturated rings. The highest BCUT2D eigenvalue weighted by atomic mass is 35.5. The van der Waals surface area contributed by atoms with Crippen LogP contribution in [-0.2, 0) is 10.0 Å². The van der Waals surface area contributed by atoms with Crippen LogP contribution in [0.15, 0.2) is 23.1 Å². The molecule has 0 heterocycles. The molecule has 0 aliphatic rings. The zero-order valence-corrected chi connectivity index (χ0v) is 16.8. The van der Waals surface area contributed by atoms with Gasteiger partial charge in [-0.15, -0.1) is 0 Å². The van der Waals surface area contributed by atoms with E-state index in [2.05, 4.69) is 0 Å². The third kappa shape index (κ3) is 6.14. The molecule has 1 aromatic rings. The van der Waals surface area contributed by atoms with E-state index >= 15 is 0 Å². The van der Waals surface area contributed by atoms with E-state index in [1.54, 1.807) is 20.8 Å². The van der Waals surface area contributed by atoms with Gasteiger partial charge in [0.25, 0.3) is 5.91 Å². The Hall–Kier alpha value is -1.32. The second-order valence-electron chi connectivity index (χ2n) is 7.27. The molecule has 0 saturated heterocycles. The standard InChI is InChI=1S/C16H22ClF3N2O3S/c1-15(2,3)9-22(10-16(18,19)20)14(23)12-8-11(6-7-13(12)17)26(24,25)21(4)5/h6-8H,9-10H2,1-5H3. The first kappa shape index (κ1) is 22.7. The topological polar surface area (TPSA) is 57.7 Å². The van der Waals surface area contributed by atoms with Crippen LogP contribution in [0.25, 0.3) is 0 Å². The van der Waals surface area contributed by atoms with E-state index in [1.807, 2.05) is 0 Å². The lowest BCUT2D eigenvalue weighted by atomic mass is 9.95. The van der Waals surface area contributed by atoms with Gasteiger partial charge in [0.2, 0.25) is 10.0 Å². The minimum Gasteiger partial charge on any atom is -0.329 e. The summed E-state index contributed by atoms with van der Waals surface area (Å²) < 4.78 is 64.1. The fourth-order valence-electron chi connectivity index (χ4n) is 2.20. The quantitative estimate of drug-likeness (QED) is 0.739. The molecule has 0 aromatic heterocycles. The number of rotatable bonds is 5. The Kier molecular flexibility index (Phi) is 6.76. The molecule has 10 heteroatoms. The van der Waals surface area contributed by atoms with Gasteiger partial charge in [0.05, 0.1) is 15.5 Å². The predicted molar refractivity (Wildman–Crippen MR) is 93.7 cm³/mol. The number of hydrogen-bond acceptors (Lipinski definition) is 3. The van der Waals surface area contributed by atoms with Crippen LogP contribution in [0.3, 0.4) is 0 Å². The van der Waals surface area contributed by atoms with Crippen LogP contribution < -0.4 is 0 Å². The predicted octanol–water partition coefficient (Wildman–Crippen LogP) is 3.64. The van der Waals surface area contributed by atoms with E-state index in [4.69, 9.17) is 11.6 Å². The zero-order chi connectivity index (χ0) is 20.5. The molecule has 1 amide bonds. The van der Waals surface area contributed by atoms with E-state index in [1.165, 1.54) is 26.2 Å². The maximum Gasteiger partial charge on any atom is 0.406 e. The summed E-state index contributed by atoms with van der Waals surface area (Å²) in [4.78, 5) is 13.1. The molecule has 0 radical (unpaired) electrons. The van der Waals surface area contributed by atoms with Gasteiger partial charge in [0.15, 0.2) is 0 Å². The first-order chi connectivity index (χ1) is 11.5. The summed E-state index contributed by atoms with van der Waals surface area (Å²) in [5.74, 6) is -0.974. The van der Waals surface area contributed by atoms with E-state index in [-0.39, 0.29) is 22.0 Å². The smallest absolute Gasteiger partial charge is 0.329 e. The second-order valence-corrected chi connectivity index (χ2v) is 9.83. The Labute approximate surface area is 156 Å². The van der Waals surface area contributed by atoms with Crippen molar-refractivity contribution < 1.29 is 26.4 Å². The largest absolute Gasteiger partial charge is 0.406 e. The number of nitrogens with zero attached hydrogens (tertiary/aromatic N) is 2. The molecule has 0 saturated carbocycles. The molecule has 0 atom stereocenters. The number of benzene rings is 1. The van der Waals surface area contributed by atoms with Crippen LogP contribution >= 0.6 is 11.6 Å². The van der Waals surface area contributed by atoms with Crippen molar-refractivity contribution in [3.8, 4) is 0 Å². The van der Waals surface area contributed by atoms with Crippen LogP contribution in [0.4, 0.5) is 13.2 Å². The molecule has 0 N–H and O–H groups in total. The number of carbonyl (C=O) groups is 1. The Morgan fingerprint density at radius 2 is 1.65 bits per heavy atom. The molecule has 0 spiro atoms. The maximum absolute atomic E-state index is 12.9. The van der Waals surface area contributed by atoms with E-state index in [0.29, 0.717) is 4.90 Å². The average molecular weight is 415 g/mol. The number of sulfonamides is 1. The number of hydrogen-bond donors (Lipinski definition) is 0. The lowest BCUT2D eigenvalue weighted by Crippen LogP contribution is -2.43. The maximum atomic E-state index is 12.9. The van der Waals surface area contributed by atoms with Crippen molar-refractivity contribution in [3.63, 3.8) is 0 Å². The molecule has 0 bridgehead atoms. The van der Waals surface area contributed by atoms with Gasteiger partial charge in [-0.3, -0.25) is 4.79 Å². The average Bonchev–Trinajstić information content (AvgIpc) is 2.42. The molecule has 1 aromatic carbocycles. The van der Waals surface area contributed by atoms with E-state index < -0.39 is 34.1 Å². The fourth-order valence-corrected chi connectivity index (χ4v) is 3.33. The normalized spacial score (nSPS) is 13.2. The molecule has 5 nitrogen and oxygen atoms in total. The molecule has 26 heavy (non-hydrogen) atoms. The summed E-state index contributed by atoms with van der Waals surface area (Å²) in [7, 11) is -1.25. The lowest BCUT2D eigenvalue weighted by molar-refractivity contribution is -0.142. The van der Waals surface area contributed by atoms with E-state index in [9.17, 15) is 26.4 Å². The summed E-state index contributed by atoms with van der Waals surface area (Å²) >= 11 is 5.97. The Balaban J connectivity index is 3.39. The third-order valence-electron chi connectivity index (χ3n) is 3.27. The second kappa shape index (κ2) is 7.74. The van der Waals surface area contributed by atoms with E-state index in [0.717, 1.165) is 10.4 Å². The molecule has 0 aliphatic carbocycles. The Bertz CT molecular complexity index is 756. The van der Waals surface area contributed by atoms with Crippen molar-refractivity contribution in [2.45, 2.75) is 31.8 Å². The van der Waals surface area contributed by atoms with Gasteiger partial charge in [0.1, 0.15) is 6.54 Å². The van der Waals surface area contributed by atoms with Crippen molar-refractivity contribution in [1.29, 1.82) is 0 Å². The highest BCUT2D eigenvalue weighted by Crippen LogP contribution is 2.27. The van der Waals surface area contributed by atoms with Gasteiger partial charge in [-0.05, 0) is 23.6 Å². The summed E-state index contributed by atoms with van der Waals surface area (Å²) in [5.41, 5.74) is -0.885. The lowest BCUT2D eigenvalue weighted by Gasteiger charge is -2.31. The number of carbonyl (C=O) groups excluding carboxylic acids is 1. The summed E-state index contributed by atoms with van der Waals surface area (Å²) in [6, 6.07) is 3.40. The van der Waals surface area contributed by atoms with Crippen molar-refractivity contribution in [2.24, 2.45) is 5.41 Å². The minimum atomic E-state index is -4.60. The summed E-state index contributed by atoms with van der Waals surface area (Å²) in [6.45, 7) is 3.45. The van der Waals surface area contributed by atoms with Crippen molar-refractivity contribution >= 4 is 27.5 Å². The molecule has 1 rings (SSSR count). The third-order valence-corrected chi connectivity index (χ3v) is 5.41. The van der Waals surface area contributed by atoms with Gasteiger partial charge < -0.3 is 4.90 Å². The summed E-state index contributed by atoms with van der Waals surface area (Å²) in [6.07, 6.45) is -4.60. The van der Waals surface area contributed by atoms with Crippen LogP contribution in [0.5, 0.6) is 0 Å². The fraction of sp³-hybridized carbons (Fsp3) is 0.562. The highest BCUT2D eigenvalue weighted by molar-refractivity contribution is 7.89. The molecule has 148 valence electrons. The number of halogens is 4. The number of amides is 1. The minimum absolute atomic E-state index is 0.117. The zero-order valence-electron chi connectivity index (χ0n) is 15.2. The monoisotopic (exact) mass is 414 g/mol. The number of alkyl halides is 3. The van der Waals surface area contributed by atoms with Crippen LogP contribution in [0.2, 0.25) is 5.02 Å². The first-order valence-corrected chi connectivity index (χ1v) is 9.44. The van der Waals surface area contributed by atoms with Crippen molar-refractivity contribution in [2.75, 3.05) is 27.2 Å². The van der Waals surface area contributed by atoms with Gasteiger partial charge in [-0.25, -0.2) is 12.7 Å². The van der Waals surface area contributed by atoms with Crippen LogP contribution in [-0.4, -0.2) is 56.9 Å². The molecular weight excluding hydrogens is 393 g/mol. The first-order valence-electron chi connectivity index (χ1n) is 7.63. The van der Waals surface area contributed by atoms with Gasteiger partial charge in [0, 0.05) is 20.6 Å². The van der Waals surface area contributed by atoms with Crippen LogP contribution in [0, 0.1) is 5.41 Å². The summed E-state index contributed by atoms with van der Waals surface area (Å²) in [5, 5.41) is -0.117. The molecule has 0 aliphatic heterocycles. The molecule has 0 unspecified atom stereocenters. The van der Waals surface area contributed by atoms with Crippen molar-refractivity contribution in [1.82, 2.24) is 9.21 Å². The van der Waals surface area contributed by atoms with Gasteiger partial charge in [-0.2, -0.15) is 13.2 Å². The van der Waals surface area contributed by atoms with Crippen molar-refractivity contribution in [3.05, 3.63) is 28.8 Å². The van der Waals surface area contributed by atoms with Gasteiger partial charge >= 0.3 is 6.18 Å². The van der Waals surface area contributed by atoms with Gasteiger partial charge in [-0.1, -0.05) is 32.4 Å². The molecular formula is C16H22ClF3N2O3S. The van der Waals surface area contributed by atoms with Crippen LogP contribution in [0.1, 0.15) is 31.1 Å². The Morgan fingerprint density at radius 3 is 2.08 bits per heavy atom.